The van der Waals surface area contributed by atoms with E-state index >= 15 is 0 Å². The maximum absolute atomic E-state index is 12.5. The van der Waals surface area contributed by atoms with Gasteiger partial charge in [0.15, 0.2) is 0 Å². The fraction of sp³-hybridized carbons (Fsp3) is 0.800. The standard InChI is InChI=1S/C15H25NO7/c1-9(17)22-12-7-10(13(18)21-6)16(11(12)8-20-5)14(19)23-15(2,3)4/h10-12H,7-8H2,1-6H3/t10-,11?,12?/m0/s1. The summed E-state index contributed by atoms with van der Waals surface area (Å²) in [4.78, 5) is 37.1. The topological polar surface area (TPSA) is 91.4 Å². The molecule has 132 valence electrons. The van der Waals surface area contributed by atoms with Crippen LogP contribution in [0.3, 0.4) is 0 Å². The van der Waals surface area contributed by atoms with Gasteiger partial charge >= 0.3 is 18.0 Å². The van der Waals surface area contributed by atoms with E-state index in [1.165, 1.54) is 26.0 Å². The number of hydrogen-bond acceptors (Lipinski definition) is 7. The number of amides is 1. The van der Waals surface area contributed by atoms with E-state index in [0.29, 0.717) is 0 Å². The molecule has 8 heteroatoms. The molecule has 0 aromatic heterocycles. The first-order valence-electron chi connectivity index (χ1n) is 7.36. The Morgan fingerprint density at radius 2 is 1.78 bits per heavy atom. The van der Waals surface area contributed by atoms with Crippen molar-refractivity contribution in [2.24, 2.45) is 0 Å². The van der Waals surface area contributed by atoms with Crippen LogP contribution in [0.1, 0.15) is 34.1 Å². The summed E-state index contributed by atoms with van der Waals surface area (Å²) in [5.74, 6) is -1.09. The molecule has 1 aliphatic heterocycles. The second-order valence-corrected chi connectivity index (χ2v) is 6.33. The fourth-order valence-corrected chi connectivity index (χ4v) is 2.52. The van der Waals surface area contributed by atoms with Gasteiger partial charge in [-0.2, -0.15) is 0 Å². The number of esters is 2. The Balaban J connectivity index is 3.10. The first kappa shape index (κ1) is 19.2. The summed E-state index contributed by atoms with van der Waals surface area (Å²) in [5, 5.41) is 0. The van der Waals surface area contributed by atoms with Crippen LogP contribution in [0.15, 0.2) is 0 Å². The minimum atomic E-state index is -0.889. The average molecular weight is 331 g/mol. The molecule has 1 fully saturated rings. The summed E-state index contributed by atoms with van der Waals surface area (Å²) in [6.45, 7) is 6.55. The molecule has 0 aliphatic carbocycles. The molecule has 1 saturated heterocycles. The number of carbonyl (C=O) groups is 3. The molecule has 23 heavy (non-hydrogen) atoms. The van der Waals surface area contributed by atoms with E-state index in [0.717, 1.165) is 0 Å². The molecule has 0 saturated carbocycles. The van der Waals surface area contributed by atoms with Gasteiger partial charge in [-0.1, -0.05) is 0 Å². The number of methoxy groups -OCH3 is 2. The lowest BCUT2D eigenvalue weighted by Gasteiger charge is -2.31. The molecule has 0 radical (unpaired) electrons. The van der Waals surface area contributed by atoms with Crippen LogP contribution in [-0.2, 0) is 28.5 Å². The Kier molecular flexibility index (Phi) is 6.37. The van der Waals surface area contributed by atoms with Gasteiger partial charge in [0.05, 0.1) is 19.8 Å². The quantitative estimate of drug-likeness (QED) is 0.563. The predicted octanol–water partition coefficient (Wildman–Crippen LogP) is 1.12. The highest BCUT2D eigenvalue weighted by Gasteiger charge is 2.50. The van der Waals surface area contributed by atoms with Crippen molar-refractivity contribution in [3.63, 3.8) is 0 Å². The highest BCUT2D eigenvalue weighted by Crippen LogP contribution is 2.30. The minimum absolute atomic E-state index is 0.102. The van der Waals surface area contributed by atoms with Crippen LogP contribution in [0.4, 0.5) is 4.79 Å². The maximum atomic E-state index is 12.5. The zero-order chi connectivity index (χ0) is 17.8. The molecule has 1 aliphatic rings. The monoisotopic (exact) mass is 331 g/mol. The van der Waals surface area contributed by atoms with Crippen molar-refractivity contribution in [1.29, 1.82) is 0 Å². The first-order chi connectivity index (χ1) is 10.6. The summed E-state index contributed by atoms with van der Waals surface area (Å²) in [6, 6.07) is -1.51. The third kappa shape index (κ3) is 5.09. The van der Waals surface area contributed by atoms with Crippen LogP contribution >= 0.6 is 0 Å². The van der Waals surface area contributed by atoms with Gasteiger partial charge in [0.2, 0.25) is 0 Å². The summed E-state index contributed by atoms with van der Waals surface area (Å²) in [5.41, 5.74) is -0.727. The molecule has 0 aromatic rings. The second kappa shape index (κ2) is 7.63. The molecular formula is C15H25NO7. The zero-order valence-electron chi connectivity index (χ0n) is 14.5. The van der Waals surface area contributed by atoms with Crippen LogP contribution in [0, 0.1) is 0 Å². The van der Waals surface area contributed by atoms with Crippen molar-refractivity contribution in [2.45, 2.75) is 57.9 Å². The number of hydrogen-bond donors (Lipinski definition) is 0. The van der Waals surface area contributed by atoms with Crippen LogP contribution in [0.25, 0.3) is 0 Å². The van der Waals surface area contributed by atoms with E-state index in [2.05, 4.69) is 0 Å². The highest BCUT2D eigenvalue weighted by molar-refractivity contribution is 5.83. The van der Waals surface area contributed by atoms with Gasteiger partial charge in [0.1, 0.15) is 17.7 Å². The largest absolute Gasteiger partial charge is 0.467 e. The number of ether oxygens (including phenoxy) is 4. The Labute approximate surface area is 136 Å². The first-order valence-corrected chi connectivity index (χ1v) is 7.36. The summed E-state index contributed by atoms with van der Waals surface area (Å²) >= 11 is 0. The lowest BCUT2D eigenvalue weighted by Crippen LogP contribution is -2.50. The Hall–Kier alpha value is -1.83. The van der Waals surface area contributed by atoms with Crippen LogP contribution in [-0.4, -0.2) is 67.5 Å². The van der Waals surface area contributed by atoms with E-state index in [1.807, 2.05) is 0 Å². The van der Waals surface area contributed by atoms with Crippen molar-refractivity contribution >= 4 is 18.0 Å². The van der Waals surface area contributed by atoms with Gasteiger partial charge in [0, 0.05) is 20.5 Å². The summed E-state index contributed by atoms with van der Waals surface area (Å²) in [6.07, 6.45) is -1.20. The second-order valence-electron chi connectivity index (χ2n) is 6.33. The van der Waals surface area contributed by atoms with Crippen LogP contribution < -0.4 is 0 Å². The van der Waals surface area contributed by atoms with Crippen LogP contribution in [0.5, 0.6) is 0 Å². The lowest BCUT2D eigenvalue weighted by atomic mass is 10.1. The number of nitrogens with zero attached hydrogens (tertiary/aromatic N) is 1. The smallest absolute Gasteiger partial charge is 0.411 e. The maximum Gasteiger partial charge on any atom is 0.411 e. The molecule has 8 nitrogen and oxygen atoms in total. The van der Waals surface area contributed by atoms with Gasteiger partial charge in [-0.15, -0.1) is 0 Å². The third-order valence-corrected chi connectivity index (χ3v) is 3.31. The van der Waals surface area contributed by atoms with Crippen molar-refractivity contribution in [1.82, 2.24) is 4.90 Å². The molecule has 0 N–H and O–H groups in total. The molecule has 1 heterocycles. The van der Waals surface area contributed by atoms with Gasteiger partial charge in [-0.25, -0.2) is 9.59 Å². The van der Waals surface area contributed by atoms with Crippen molar-refractivity contribution in [3.8, 4) is 0 Å². The highest BCUT2D eigenvalue weighted by atomic mass is 16.6. The molecule has 0 aromatic carbocycles. The zero-order valence-corrected chi connectivity index (χ0v) is 14.5. The molecule has 0 bridgehead atoms. The van der Waals surface area contributed by atoms with Gasteiger partial charge in [0.25, 0.3) is 0 Å². The molecule has 0 spiro atoms. The Bertz CT molecular complexity index is 457. The molecule has 1 amide bonds. The third-order valence-electron chi connectivity index (χ3n) is 3.31. The van der Waals surface area contributed by atoms with E-state index < -0.39 is 41.8 Å². The normalized spacial score (nSPS) is 24.3. The summed E-state index contributed by atoms with van der Waals surface area (Å²) in [7, 11) is 2.70. The summed E-state index contributed by atoms with van der Waals surface area (Å²) < 4.78 is 20.5. The van der Waals surface area contributed by atoms with Crippen molar-refractivity contribution in [3.05, 3.63) is 0 Å². The van der Waals surface area contributed by atoms with E-state index in [-0.39, 0.29) is 13.0 Å². The molecular weight excluding hydrogens is 306 g/mol. The SMILES string of the molecule is COCC1C(OC(C)=O)C[C@@H](C(=O)OC)N1C(=O)OC(C)(C)C. The van der Waals surface area contributed by atoms with E-state index in [1.54, 1.807) is 20.8 Å². The Morgan fingerprint density at radius 1 is 1.17 bits per heavy atom. The Morgan fingerprint density at radius 3 is 2.22 bits per heavy atom. The van der Waals surface area contributed by atoms with Crippen molar-refractivity contribution < 1.29 is 33.3 Å². The fourth-order valence-electron chi connectivity index (χ4n) is 2.52. The molecule has 1 rings (SSSR count). The van der Waals surface area contributed by atoms with Crippen LogP contribution in [0.2, 0.25) is 0 Å². The van der Waals surface area contributed by atoms with Gasteiger partial charge in [-0.05, 0) is 20.8 Å². The number of rotatable bonds is 4. The molecule has 3 atom stereocenters. The van der Waals surface area contributed by atoms with Gasteiger partial charge in [-0.3, -0.25) is 9.69 Å². The van der Waals surface area contributed by atoms with Crippen molar-refractivity contribution in [2.75, 3.05) is 20.8 Å². The molecule has 2 unspecified atom stereocenters. The predicted molar refractivity (Wildman–Crippen MR) is 79.7 cm³/mol. The van der Waals surface area contributed by atoms with E-state index in [4.69, 9.17) is 18.9 Å². The number of likely N-dealkylation sites (tertiary alicyclic amines) is 1. The van der Waals surface area contributed by atoms with E-state index in [9.17, 15) is 14.4 Å². The average Bonchev–Trinajstić information content (AvgIpc) is 2.74. The minimum Gasteiger partial charge on any atom is -0.467 e. The number of carbonyl (C=O) groups excluding carboxylic acids is 3. The lowest BCUT2D eigenvalue weighted by molar-refractivity contribution is -0.148. The van der Waals surface area contributed by atoms with Gasteiger partial charge < -0.3 is 18.9 Å².